The van der Waals surface area contributed by atoms with Crippen molar-refractivity contribution in [2.75, 3.05) is 6.61 Å². The lowest BCUT2D eigenvalue weighted by Gasteiger charge is -2.13. The Morgan fingerprint density at radius 1 is 1.11 bits per heavy atom. The summed E-state index contributed by atoms with van der Waals surface area (Å²) in [5, 5.41) is 10.4. The fraction of sp³-hybridized carbons (Fsp3) is 0.250. The van der Waals surface area contributed by atoms with Gasteiger partial charge in [-0.05, 0) is 35.7 Å². The quantitative estimate of drug-likeness (QED) is 0.874. The monoisotopic (exact) mass is 240 g/mol. The molecule has 0 aromatic heterocycles. The standard InChI is InChI=1S/C16H16O2/c1-11-3-2-4-13(9-11)16(17)14-5-6-15-12(10-14)7-8-18-15/h2-6,9-10,16-17H,7-8H2,1H3. The number of aryl methyl sites for hydroxylation is 1. The molecule has 1 heterocycles. The number of benzene rings is 2. The van der Waals surface area contributed by atoms with Crippen LogP contribution >= 0.6 is 0 Å². The number of aliphatic hydroxyl groups excluding tert-OH is 1. The fourth-order valence-electron chi connectivity index (χ4n) is 2.41. The molecule has 0 radical (unpaired) electrons. The summed E-state index contributed by atoms with van der Waals surface area (Å²) < 4.78 is 5.48. The molecule has 0 bridgehead atoms. The van der Waals surface area contributed by atoms with Crippen molar-refractivity contribution in [1.82, 2.24) is 0 Å². The lowest BCUT2D eigenvalue weighted by molar-refractivity contribution is 0.220. The van der Waals surface area contributed by atoms with Crippen LogP contribution < -0.4 is 4.74 Å². The van der Waals surface area contributed by atoms with E-state index in [0.717, 1.165) is 35.5 Å². The van der Waals surface area contributed by atoms with Gasteiger partial charge in [0.15, 0.2) is 0 Å². The first-order valence-electron chi connectivity index (χ1n) is 6.24. The molecule has 1 atom stereocenters. The van der Waals surface area contributed by atoms with Crippen LogP contribution in [0.25, 0.3) is 0 Å². The Morgan fingerprint density at radius 3 is 2.78 bits per heavy atom. The highest BCUT2D eigenvalue weighted by molar-refractivity contribution is 5.42. The highest BCUT2D eigenvalue weighted by Gasteiger charge is 2.16. The highest BCUT2D eigenvalue weighted by Crippen LogP contribution is 2.30. The lowest BCUT2D eigenvalue weighted by atomic mass is 9.98. The Bertz CT molecular complexity index is 575. The van der Waals surface area contributed by atoms with E-state index in [2.05, 4.69) is 6.07 Å². The molecule has 0 aliphatic carbocycles. The van der Waals surface area contributed by atoms with Gasteiger partial charge in [0.2, 0.25) is 0 Å². The summed E-state index contributed by atoms with van der Waals surface area (Å²) >= 11 is 0. The van der Waals surface area contributed by atoms with Crippen molar-refractivity contribution in [2.24, 2.45) is 0 Å². The first kappa shape index (κ1) is 11.3. The van der Waals surface area contributed by atoms with Gasteiger partial charge in [-0.2, -0.15) is 0 Å². The Labute approximate surface area is 107 Å². The van der Waals surface area contributed by atoms with Crippen LogP contribution in [0.4, 0.5) is 0 Å². The van der Waals surface area contributed by atoms with Crippen LogP contribution in [0.3, 0.4) is 0 Å². The lowest BCUT2D eigenvalue weighted by Crippen LogP contribution is -2.00. The van der Waals surface area contributed by atoms with Crippen LogP contribution in [0.1, 0.15) is 28.4 Å². The van der Waals surface area contributed by atoms with E-state index in [-0.39, 0.29) is 0 Å². The molecule has 3 rings (SSSR count). The maximum Gasteiger partial charge on any atom is 0.122 e. The summed E-state index contributed by atoms with van der Waals surface area (Å²) in [6, 6.07) is 13.9. The van der Waals surface area contributed by atoms with E-state index in [9.17, 15) is 5.11 Å². The van der Waals surface area contributed by atoms with E-state index in [0.29, 0.717) is 0 Å². The van der Waals surface area contributed by atoms with Crippen LogP contribution in [0.15, 0.2) is 42.5 Å². The van der Waals surface area contributed by atoms with Crippen molar-refractivity contribution in [2.45, 2.75) is 19.4 Å². The second-order valence-electron chi connectivity index (χ2n) is 4.78. The molecule has 2 nitrogen and oxygen atoms in total. The third-order valence-electron chi connectivity index (χ3n) is 3.39. The fourth-order valence-corrected chi connectivity index (χ4v) is 2.41. The molecule has 2 heteroatoms. The van der Waals surface area contributed by atoms with Crippen molar-refractivity contribution >= 4 is 0 Å². The molecule has 1 unspecified atom stereocenters. The molecule has 0 spiro atoms. The maximum absolute atomic E-state index is 10.4. The first-order chi connectivity index (χ1) is 8.74. The van der Waals surface area contributed by atoms with Crippen molar-refractivity contribution < 1.29 is 9.84 Å². The average Bonchev–Trinajstić information content (AvgIpc) is 2.85. The summed E-state index contributed by atoms with van der Waals surface area (Å²) in [5.74, 6) is 0.954. The predicted octanol–water partition coefficient (Wildman–Crippen LogP) is 3.01. The van der Waals surface area contributed by atoms with Crippen LogP contribution in [0, 0.1) is 6.92 Å². The SMILES string of the molecule is Cc1cccc(C(O)c2ccc3c(c2)CCO3)c1. The molecule has 92 valence electrons. The third kappa shape index (κ3) is 2.00. The number of ether oxygens (including phenoxy) is 1. The maximum atomic E-state index is 10.4. The Hall–Kier alpha value is -1.80. The molecular formula is C16H16O2. The summed E-state index contributed by atoms with van der Waals surface area (Å²) in [5.41, 5.74) is 4.23. The largest absolute Gasteiger partial charge is 0.493 e. The van der Waals surface area contributed by atoms with E-state index in [1.165, 1.54) is 5.56 Å². The van der Waals surface area contributed by atoms with Crippen LogP contribution in [-0.4, -0.2) is 11.7 Å². The van der Waals surface area contributed by atoms with Gasteiger partial charge in [-0.25, -0.2) is 0 Å². The van der Waals surface area contributed by atoms with Gasteiger partial charge in [-0.1, -0.05) is 35.9 Å². The number of fused-ring (bicyclic) bond motifs is 1. The zero-order chi connectivity index (χ0) is 12.5. The van der Waals surface area contributed by atoms with Gasteiger partial charge >= 0.3 is 0 Å². The Morgan fingerprint density at radius 2 is 1.94 bits per heavy atom. The second kappa shape index (κ2) is 4.46. The zero-order valence-corrected chi connectivity index (χ0v) is 10.4. The van der Waals surface area contributed by atoms with Gasteiger partial charge in [-0.15, -0.1) is 0 Å². The third-order valence-corrected chi connectivity index (χ3v) is 3.39. The minimum absolute atomic E-state index is 0.559. The molecule has 1 N–H and O–H groups in total. The number of hydrogen-bond acceptors (Lipinski definition) is 2. The number of aliphatic hydroxyl groups is 1. The summed E-state index contributed by atoms with van der Waals surface area (Å²) in [4.78, 5) is 0. The summed E-state index contributed by atoms with van der Waals surface area (Å²) in [6.07, 6.45) is 0.375. The normalized spacial score (nSPS) is 15.0. The number of rotatable bonds is 2. The molecule has 1 aliphatic rings. The van der Waals surface area contributed by atoms with Gasteiger partial charge in [0, 0.05) is 6.42 Å². The van der Waals surface area contributed by atoms with E-state index in [1.807, 2.05) is 43.3 Å². The topological polar surface area (TPSA) is 29.5 Å². The summed E-state index contributed by atoms with van der Waals surface area (Å²) in [6.45, 7) is 2.78. The van der Waals surface area contributed by atoms with E-state index in [4.69, 9.17) is 4.74 Å². The van der Waals surface area contributed by atoms with Crippen molar-refractivity contribution in [3.63, 3.8) is 0 Å². The van der Waals surface area contributed by atoms with E-state index in [1.54, 1.807) is 0 Å². The second-order valence-corrected chi connectivity index (χ2v) is 4.78. The van der Waals surface area contributed by atoms with Gasteiger partial charge < -0.3 is 9.84 Å². The predicted molar refractivity (Wildman–Crippen MR) is 70.9 cm³/mol. The van der Waals surface area contributed by atoms with E-state index < -0.39 is 6.10 Å². The molecular weight excluding hydrogens is 224 g/mol. The highest BCUT2D eigenvalue weighted by atomic mass is 16.5. The average molecular weight is 240 g/mol. The summed E-state index contributed by atoms with van der Waals surface area (Å²) in [7, 11) is 0. The van der Waals surface area contributed by atoms with Crippen molar-refractivity contribution in [1.29, 1.82) is 0 Å². The van der Waals surface area contributed by atoms with Crippen molar-refractivity contribution in [3.8, 4) is 5.75 Å². The van der Waals surface area contributed by atoms with Crippen LogP contribution in [0.2, 0.25) is 0 Å². The minimum Gasteiger partial charge on any atom is -0.493 e. The molecule has 18 heavy (non-hydrogen) atoms. The molecule has 1 aliphatic heterocycles. The van der Waals surface area contributed by atoms with Crippen LogP contribution in [0.5, 0.6) is 5.75 Å². The molecule has 0 saturated heterocycles. The molecule has 0 fully saturated rings. The zero-order valence-electron chi connectivity index (χ0n) is 10.4. The molecule has 0 amide bonds. The van der Waals surface area contributed by atoms with E-state index >= 15 is 0 Å². The van der Waals surface area contributed by atoms with Crippen LogP contribution in [-0.2, 0) is 6.42 Å². The number of hydrogen-bond donors (Lipinski definition) is 1. The first-order valence-corrected chi connectivity index (χ1v) is 6.24. The Kier molecular flexibility index (Phi) is 2.80. The van der Waals surface area contributed by atoms with Gasteiger partial charge in [0.05, 0.1) is 6.61 Å². The molecule has 2 aromatic carbocycles. The van der Waals surface area contributed by atoms with Gasteiger partial charge in [0.1, 0.15) is 11.9 Å². The molecule has 0 saturated carbocycles. The van der Waals surface area contributed by atoms with Crippen molar-refractivity contribution in [3.05, 3.63) is 64.7 Å². The van der Waals surface area contributed by atoms with Gasteiger partial charge in [-0.3, -0.25) is 0 Å². The Balaban J connectivity index is 1.95. The smallest absolute Gasteiger partial charge is 0.122 e. The van der Waals surface area contributed by atoms with Gasteiger partial charge in [0.25, 0.3) is 0 Å². The molecule has 2 aromatic rings. The minimum atomic E-state index is -0.559.